The predicted molar refractivity (Wildman–Crippen MR) is 85.7 cm³/mol. The normalized spacial score (nSPS) is 9.85. The van der Waals surface area contributed by atoms with E-state index in [1.807, 2.05) is 42.5 Å². The molecular formula is C16H16N2OS. The number of hydrogen-bond acceptors (Lipinski definition) is 2. The maximum Gasteiger partial charge on any atom is 0.221 e. The third-order valence-corrected chi connectivity index (χ3v) is 3.14. The van der Waals surface area contributed by atoms with Crippen LogP contribution in [-0.2, 0) is 11.3 Å². The van der Waals surface area contributed by atoms with Gasteiger partial charge in [0.2, 0.25) is 5.91 Å². The van der Waals surface area contributed by atoms with Gasteiger partial charge in [0.25, 0.3) is 0 Å². The summed E-state index contributed by atoms with van der Waals surface area (Å²) in [6.07, 6.45) is 0. The standard InChI is InChI=1S/C16H16N2OS/c1-12(19)18-15-9-7-14(8-10-15)16(20)17-11-13-5-3-2-4-6-13/h2-10H,11H2,1H3,(H,17,20)(H,18,19). The Bertz CT molecular complexity index is 594. The third-order valence-electron chi connectivity index (χ3n) is 2.76. The molecular weight excluding hydrogens is 268 g/mol. The quantitative estimate of drug-likeness (QED) is 0.848. The molecule has 0 bridgehead atoms. The van der Waals surface area contributed by atoms with E-state index in [0.29, 0.717) is 11.5 Å². The average Bonchev–Trinajstić information content (AvgIpc) is 2.46. The molecule has 0 fully saturated rings. The van der Waals surface area contributed by atoms with Crippen LogP contribution in [-0.4, -0.2) is 10.9 Å². The first-order chi connectivity index (χ1) is 9.65. The van der Waals surface area contributed by atoms with Gasteiger partial charge < -0.3 is 10.6 Å². The lowest BCUT2D eigenvalue weighted by atomic mass is 10.2. The molecule has 2 N–H and O–H groups in total. The minimum Gasteiger partial charge on any atom is -0.372 e. The van der Waals surface area contributed by atoms with Crippen molar-refractivity contribution in [2.45, 2.75) is 13.5 Å². The molecule has 0 spiro atoms. The van der Waals surface area contributed by atoms with E-state index in [1.165, 1.54) is 12.5 Å². The third kappa shape index (κ3) is 4.17. The number of rotatable bonds is 4. The van der Waals surface area contributed by atoms with Crippen molar-refractivity contribution < 1.29 is 4.79 Å². The number of benzene rings is 2. The number of carbonyl (C=O) groups is 1. The highest BCUT2D eigenvalue weighted by molar-refractivity contribution is 7.80. The molecule has 2 aromatic rings. The van der Waals surface area contributed by atoms with Crippen molar-refractivity contribution >= 4 is 28.8 Å². The molecule has 0 aromatic heterocycles. The van der Waals surface area contributed by atoms with Gasteiger partial charge in [-0.2, -0.15) is 0 Å². The first kappa shape index (κ1) is 14.2. The van der Waals surface area contributed by atoms with E-state index in [4.69, 9.17) is 12.2 Å². The number of nitrogens with one attached hydrogen (secondary N) is 2. The molecule has 102 valence electrons. The first-order valence-corrected chi connectivity index (χ1v) is 6.76. The zero-order valence-electron chi connectivity index (χ0n) is 11.2. The minimum atomic E-state index is -0.0810. The summed E-state index contributed by atoms with van der Waals surface area (Å²) in [7, 11) is 0. The number of carbonyl (C=O) groups excluding carboxylic acids is 1. The topological polar surface area (TPSA) is 41.1 Å². The van der Waals surface area contributed by atoms with E-state index in [0.717, 1.165) is 11.3 Å². The molecule has 0 aliphatic rings. The molecule has 1 amide bonds. The lowest BCUT2D eigenvalue weighted by Crippen LogP contribution is -2.21. The van der Waals surface area contributed by atoms with Crippen LogP contribution in [0.4, 0.5) is 5.69 Å². The average molecular weight is 284 g/mol. The number of amides is 1. The SMILES string of the molecule is CC(=O)Nc1ccc(C(=S)NCc2ccccc2)cc1. The summed E-state index contributed by atoms with van der Waals surface area (Å²) in [5.41, 5.74) is 2.89. The first-order valence-electron chi connectivity index (χ1n) is 6.35. The van der Waals surface area contributed by atoms with E-state index in [9.17, 15) is 4.79 Å². The van der Waals surface area contributed by atoms with Gasteiger partial charge in [0, 0.05) is 24.7 Å². The Hall–Kier alpha value is -2.20. The molecule has 0 aliphatic carbocycles. The molecule has 3 nitrogen and oxygen atoms in total. The second-order valence-electron chi connectivity index (χ2n) is 4.43. The maximum absolute atomic E-state index is 10.9. The highest BCUT2D eigenvalue weighted by Gasteiger charge is 2.02. The highest BCUT2D eigenvalue weighted by atomic mass is 32.1. The van der Waals surface area contributed by atoms with Gasteiger partial charge in [-0.05, 0) is 29.8 Å². The zero-order valence-corrected chi connectivity index (χ0v) is 12.0. The summed E-state index contributed by atoms with van der Waals surface area (Å²) in [5.74, 6) is -0.0810. The van der Waals surface area contributed by atoms with Crippen LogP contribution < -0.4 is 10.6 Å². The van der Waals surface area contributed by atoms with Gasteiger partial charge in [0.05, 0.1) is 0 Å². The van der Waals surface area contributed by atoms with Crippen molar-refractivity contribution in [3.05, 3.63) is 65.7 Å². The largest absolute Gasteiger partial charge is 0.372 e. The summed E-state index contributed by atoms with van der Waals surface area (Å²) in [6.45, 7) is 2.19. The number of hydrogen-bond donors (Lipinski definition) is 2. The second kappa shape index (κ2) is 6.82. The van der Waals surface area contributed by atoms with E-state index >= 15 is 0 Å². The summed E-state index contributed by atoms with van der Waals surface area (Å²) in [5, 5.41) is 5.95. The zero-order chi connectivity index (χ0) is 14.4. The lowest BCUT2D eigenvalue weighted by Gasteiger charge is -2.09. The fourth-order valence-electron chi connectivity index (χ4n) is 1.79. The van der Waals surface area contributed by atoms with Gasteiger partial charge in [-0.1, -0.05) is 42.5 Å². The molecule has 0 atom stereocenters. The van der Waals surface area contributed by atoms with Crippen LogP contribution in [0.1, 0.15) is 18.1 Å². The van der Waals surface area contributed by atoms with Crippen molar-refractivity contribution in [3.8, 4) is 0 Å². The molecule has 2 rings (SSSR count). The second-order valence-corrected chi connectivity index (χ2v) is 4.84. The predicted octanol–water partition coefficient (Wildman–Crippen LogP) is 3.11. The van der Waals surface area contributed by atoms with Crippen LogP contribution in [0, 0.1) is 0 Å². The summed E-state index contributed by atoms with van der Waals surface area (Å²) >= 11 is 5.35. The molecule has 0 aliphatic heterocycles. The molecule has 20 heavy (non-hydrogen) atoms. The molecule has 0 unspecified atom stereocenters. The van der Waals surface area contributed by atoms with E-state index in [2.05, 4.69) is 22.8 Å². The smallest absolute Gasteiger partial charge is 0.221 e. The van der Waals surface area contributed by atoms with E-state index < -0.39 is 0 Å². The highest BCUT2D eigenvalue weighted by Crippen LogP contribution is 2.10. The number of thiocarbonyl (C=S) groups is 1. The Morgan fingerprint density at radius 3 is 2.30 bits per heavy atom. The van der Waals surface area contributed by atoms with Crippen molar-refractivity contribution in [2.24, 2.45) is 0 Å². The van der Waals surface area contributed by atoms with Gasteiger partial charge in [-0.15, -0.1) is 0 Å². The van der Waals surface area contributed by atoms with Gasteiger partial charge in [-0.25, -0.2) is 0 Å². The van der Waals surface area contributed by atoms with Crippen LogP contribution in [0.5, 0.6) is 0 Å². The van der Waals surface area contributed by atoms with Crippen LogP contribution in [0.3, 0.4) is 0 Å². The Kier molecular flexibility index (Phi) is 4.85. The van der Waals surface area contributed by atoms with Crippen molar-refractivity contribution in [1.29, 1.82) is 0 Å². The van der Waals surface area contributed by atoms with Gasteiger partial charge in [-0.3, -0.25) is 4.79 Å². The van der Waals surface area contributed by atoms with Crippen molar-refractivity contribution in [2.75, 3.05) is 5.32 Å². The molecule has 0 saturated carbocycles. The fraction of sp³-hybridized carbons (Fsp3) is 0.125. The lowest BCUT2D eigenvalue weighted by molar-refractivity contribution is -0.114. The summed E-state index contributed by atoms with van der Waals surface area (Å²) in [6, 6.07) is 17.6. The summed E-state index contributed by atoms with van der Waals surface area (Å²) in [4.78, 5) is 11.6. The van der Waals surface area contributed by atoms with Gasteiger partial charge in [0.1, 0.15) is 4.99 Å². The van der Waals surface area contributed by atoms with Crippen LogP contribution in [0.15, 0.2) is 54.6 Å². The van der Waals surface area contributed by atoms with Crippen LogP contribution >= 0.6 is 12.2 Å². The summed E-state index contributed by atoms with van der Waals surface area (Å²) < 4.78 is 0. The molecule has 2 aromatic carbocycles. The monoisotopic (exact) mass is 284 g/mol. The minimum absolute atomic E-state index is 0.0810. The fourth-order valence-corrected chi connectivity index (χ4v) is 2.00. The van der Waals surface area contributed by atoms with E-state index in [1.54, 1.807) is 0 Å². The van der Waals surface area contributed by atoms with Crippen molar-refractivity contribution in [1.82, 2.24) is 5.32 Å². The molecule has 0 heterocycles. The molecule has 0 saturated heterocycles. The van der Waals surface area contributed by atoms with Crippen LogP contribution in [0.25, 0.3) is 0 Å². The van der Waals surface area contributed by atoms with Gasteiger partial charge >= 0.3 is 0 Å². The van der Waals surface area contributed by atoms with Crippen LogP contribution in [0.2, 0.25) is 0 Å². The Labute approximate surface area is 124 Å². The Morgan fingerprint density at radius 1 is 1.05 bits per heavy atom. The Balaban J connectivity index is 1.94. The van der Waals surface area contributed by atoms with E-state index in [-0.39, 0.29) is 5.91 Å². The number of anilines is 1. The van der Waals surface area contributed by atoms with Gasteiger partial charge in [0.15, 0.2) is 0 Å². The molecule has 4 heteroatoms. The van der Waals surface area contributed by atoms with Crippen molar-refractivity contribution in [3.63, 3.8) is 0 Å². The molecule has 0 radical (unpaired) electrons. The maximum atomic E-state index is 10.9. The Morgan fingerprint density at radius 2 is 1.70 bits per heavy atom.